The summed E-state index contributed by atoms with van der Waals surface area (Å²) < 4.78 is 5.74. The maximum absolute atomic E-state index is 12.6. The van der Waals surface area contributed by atoms with Gasteiger partial charge in [0.2, 0.25) is 0 Å². The molecular weight excluding hydrogens is 252 g/mol. The molecule has 0 saturated carbocycles. The molecule has 1 saturated heterocycles. The summed E-state index contributed by atoms with van der Waals surface area (Å²) in [5.41, 5.74) is 2.28. The van der Waals surface area contributed by atoms with Crippen molar-refractivity contribution < 1.29 is 9.53 Å². The zero-order chi connectivity index (χ0) is 13.9. The van der Waals surface area contributed by atoms with Crippen LogP contribution in [0.15, 0.2) is 24.3 Å². The number of fused-ring (bicyclic) bond motifs is 1. The fourth-order valence-electron chi connectivity index (χ4n) is 3.13. The Balaban J connectivity index is 1.70. The Bertz CT molecular complexity index is 483. The number of nitrogens with one attached hydrogen (secondary N) is 1. The smallest absolute Gasteiger partial charge is 0.256 e. The number of nitrogens with zero attached hydrogens (tertiary/aromatic N) is 1. The molecule has 2 aliphatic rings. The summed E-state index contributed by atoms with van der Waals surface area (Å²) in [7, 11) is 1.88. The zero-order valence-electron chi connectivity index (χ0n) is 12.0. The number of ether oxygens (including phenoxy) is 1. The number of carbonyl (C=O) groups is 1. The van der Waals surface area contributed by atoms with Gasteiger partial charge in [0, 0.05) is 19.6 Å². The van der Waals surface area contributed by atoms with E-state index in [-0.39, 0.29) is 5.91 Å². The van der Waals surface area contributed by atoms with Gasteiger partial charge in [-0.05, 0) is 36.9 Å². The van der Waals surface area contributed by atoms with Gasteiger partial charge < -0.3 is 15.0 Å². The van der Waals surface area contributed by atoms with Gasteiger partial charge in [0.15, 0.2) is 6.10 Å². The first kappa shape index (κ1) is 13.6. The highest BCUT2D eigenvalue weighted by Crippen LogP contribution is 2.28. The predicted octanol–water partition coefficient (Wildman–Crippen LogP) is 1.51. The number of hydrogen-bond donors (Lipinski definition) is 1. The van der Waals surface area contributed by atoms with Crippen molar-refractivity contribution in [1.29, 1.82) is 0 Å². The topological polar surface area (TPSA) is 41.6 Å². The van der Waals surface area contributed by atoms with Gasteiger partial charge in [-0.25, -0.2) is 0 Å². The van der Waals surface area contributed by atoms with Crippen molar-refractivity contribution in [3.63, 3.8) is 0 Å². The third-order valence-electron chi connectivity index (χ3n) is 4.25. The largest absolute Gasteiger partial charge is 0.363 e. The quantitative estimate of drug-likeness (QED) is 0.908. The molecule has 108 valence electrons. The number of hydrogen-bond acceptors (Lipinski definition) is 3. The summed E-state index contributed by atoms with van der Waals surface area (Å²) in [5.74, 6) is 0.0749. The van der Waals surface area contributed by atoms with Crippen LogP contribution >= 0.6 is 0 Å². The average Bonchev–Trinajstić information content (AvgIpc) is 2.99. The molecule has 2 atom stereocenters. The molecule has 0 bridgehead atoms. The van der Waals surface area contributed by atoms with Crippen LogP contribution in [-0.4, -0.2) is 43.6 Å². The van der Waals surface area contributed by atoms with E-state index in [1.165, 1.54) is 12.0 Å². The van der Waals surface area contributed by atoms with Gasteiger partial charge in [-0.3, -0.25) is 4.79 Å². The lowest BCUT2D eigenvalue weighted by Crippen LogP contribution is -2.42. The van der Waals surface area contributed by atoms with E-state index in [4.69, 9.17) is 4.74 Å². The summed E-state index contributed by atoms with van der Waals surface area (Å²) in [5, 5.41) is 3.43. The molecule has 0 aliphatic carbocycles. The fraction of sp³-hybridized carbons (Fsp3) is 0.562. The van der Waals surface area contributed by atoms with Crippen LogP contribution in [0.4, 0.5) is 0 Å². The molecule has 20 heavy (non-hydrogen) atoms. The van der Waals surface area contributed by atoms with Crippen LogP contribution in [0.25, 0.3) is 0 Å². The normalized spacial score (nSPS) is 25.2. The molecule has 1 amide bonds. The van der Waals surface area contributed by atoms with Gasteiger partial charge >= 0.3 is 0 Å². The first-order valence-electron chi connectivity index (χ1n) is 7.43. The van der Waals surface area contributed by atoms with Crippen molar-refractivity contribution in [2.45, 2.75) is 31.4 Å². The van der Waals surface area contributed by atoms with E-state index in [1.807, 2.05) is 30.1 Å². The summed E-state index contributed by atoms with van der Waals surface area (Å²) in [4.78, 5) is 14.4. The number of carbonyl (C=O) groups excluding carboxylic acids is 1. The third-order valence-corrected chi connectivity index (χ3v) is 4.25. The van der Waals surface area contributed by atoms with E-state index in [0.29, 0.717) is 12.6 Å². The Morgan fingerprint density at radius 3 is 3.10 bits per heavy atom. The summed E-state index contributed by atoms with van der Waals surface area (Å²) >= 11 is 0. The standard InChI is InChI=1S/C16H22N2O2/c1-18(11-13-6-4-9-17-13)16(19)15-14-7-3-2-5-12(14)8-10-20-15/h2-3,5,7,13,15,17H,4,6,8-11H2,1H3. The second kappa shape index (κ2) is 5.94. The maximum atomic E-state index is 12.6. The van der Waals surface area contributed by atoms with Crippen LogP contribution in [0.3, 0.4) is 0 Å². The van der Waals surface area contributed by atoms with Crippen molar-refractivity contribution in [2.75, 3.05) is 26.7 Å². The van der Waals surface area contributed by atoms with Gasteiger partial charge in [-0.2, -0.15) is 0 Å². The molecule has 3 rings (SSSR count). The molecule has 0 radical (unpaired) electrons. The van der Waals surface area contributed by atoms with E-state index in [9.17, 15) is 4.79 Å². The van der Waals surface area contributed by atoms with Gasteiger partial charge in [0.1, 0.15) is 0 Å². The number of amides is 1. The average molecular weight is 274 g/mol. The van der Waals surface area contributed by atoms with E-state index < -0.39 is 6.10 Å². The van der Waals surface area contributed by atoms with E-state index >= 15 is 0 Å². The van der Waals surface area contributed by atoms with Crippen LogP contribution in [0.5, 0.6) is 0 Å². The van der Waals surface area contributed by atoms with Crippen molar-refractivity contribution in [3.8, 4) is 0 Å². The third kappa shape index (κ3) is 2.72. The van der Waals surface area contributed by atoms with E-state index in [2.05, 4.69) is 11.4 Å². The summed E-state index contributed by atoms with van der Waals surface area (Å²) in [6.45, 7) is 2.46. The van der Waals surface area contributed by atoms with Crippen molar-refractivity contribution in [1.82, 2.24) is 10.2 Å². The molecule has 4 heteroatoms. The molecule has 2 aliphatic heterocycles. The van der Waals surface area contributed by atoms with Crippen LogP contribution < -0.4 is 5.32 Å². The molecule has 2 unspecified atom stereocenters. The van der Waals surface area contributed by atoms with Crippen LogP contribution in [0, 0.1) is 0 Å². The Labute approximate surface area is 120 Å². The molecule has 1 N–H and O–H groups in total. The molecular formula is C16H22N2O2. The highest BCUT2D eigenvalue weighted by Gasteiger charge is 2.30. The fourth-order valence-corrected chi connectivity index (χ4v) is 3.13. The van der Waals surface area contributed by atoms with Crippen molar-refractivity contribution in [2.24, 2.45) is 0 Å². The van der Waals surface area contributed by atoms with Gasteiger partial charge in [-0.1, -0.05) is 24.3 Å². The lowest BCUT2D eigenvalue weighted by Gasteiger charge is -2.30. The Hall–Kier alpha value is -1.39. The monoisotopic (exact) mass is 274 g/mol. The van der Waals surface area contributed by atoms with Gasteiger partial charge in [0.25, 0.3) is 5.91 Å². The first-order chi connectivity index (χ1) is 9.75. The number of likely N-dealkylation sites (N-methyl/N-ethyl adjacent to an activating group) is 1. The lowest BCUT2D eigenvalue weighted by atomic mass is 9.97. The molecule has 1 aromatic rings. The van der Waals surface area contributed by atoms with Crippen LogP contribution in [-0.2, 0) is 16.0 Å². The molecule has 1 aromatic carbocycles. The molecule has 0 aromatic heterocycles. The van der Waals surface area contributed by atoms with Crippen LogP contribution in [0.2, 0.25) is 0 Å². The van der Waals surface area contributed by atoms with E-state index in [0.717, 1.165) is 31.5 Å². The predicted molar refractivity (Wildman–Crippen MR) is 77.5 cm³/mol. The number of benzene rings is 1. The first-order valence-corrected chi connectivity index (χ1v) is 7.43. The van der Waals surface area contributed by atoms with Crippen LogP contribution in [0.1, 0.15) is 30.1 Å². The Morgan fingerprint density at radius 1 is 1.45 bits per heavy atom. The maximum Gasteiger partial charge on any atom is 0.256 e. The minimum Gasteiger partial charge on any atom is -0.363 e. The lowest BCUT2D eigenvalue weighted by molar-refractivity contribution is -0.144. The Kier molecular flexibility index (Phi) is 4.03. The van der Waals surface area contributed by atoms with Crippen molar-refractivity contribution >= 4 is 5.91 Å². The Morgan fingerprint density at radius 2 is 2.30 bits per heavy atom. The summed E-state index contributed by atoms with van der Waals surface area (Å²) in [6.07, 6.45) is 2.83. The molecule has 4 nitrogen and oxygen atoms in total. The SMILES string of the molecule is CN(CC1CCCN1)C(=O)C1OCCc2ccccc21. The second-order valence-corrected chi connectivity index (χ2v) is 5.71. The van der Waals surface area contributed by atoms with Gasteiger partial charge in [0.05, 0.1) is 6.61 Å². The molecule has 2 heterocycles. The van der Waals surface area contributed by atoms with Crippen molar-refractivity contribution in [3.05, 3.63) is 35.4 Å². The second-order valence-electron chi connectivity index (χ2n) is 5.71. The minimum atomic E-state index is -0.425. The number of rotatable bonds is 3. The summed E-state index contributed by atoms with van der Waals surface area (Å²) in [6, 6.07) is 8.54. The highest BCUT2D eigenvalue weighted by molar-refractivity contribution is 5.82. The van der Waals surface area contributed by atoms with Gasteiger partial charge in [-0.15, -0.1) is 0 Å². The zero-order valence-corrected chi connectivity index (χ0v) is 12.0. The molecule has 1 fully saturated rings. The molecule has 0 spiro atoms. The minimum absolute atomic E-state index is 0.0749. The highest BCUT2D eigenvalue weighted by atomic mass is 16.5. The van der Waals surface area contributed by atoms with E-state index in [1.54, 1.807) is 0 Å².